The average Bonchev–Trinajstić information content (AvgIpc) is 1.84. The summed E-state index contributed by atoms with van der Waals surface area (Å²) in [6.45, 7) is 0. The number of aliphatic hydroxyl groups is 2. The molecular formula is C4H8CuKNaO6. The molecule has 0 aromatic rings. The maximum Gasteiger partial charge on any atom is 1.00 e. The van der Waals surface area contributed by atoms with Crippen LogP contribution in [0.25, 0.3) is 0 Å². The van der Waals surface area contributed by atoms with Crippen molar-refractivity contribution in [3.8, 4) is 0 Å². The van der Waals surface area contributed by atoms with Gasteiger partial charge in [-0.3, -0.25) is 0 Å². The van der Waals surface area contributed by atoms with Crippen LogP contribution in [-0.4, -0.2) is 44.6 Å². The first-order chi connectivity index (χ1) is 4.46. The van der Waals surface area contributed by atoms with Crippen LogP contribution in [0.5, 0.6) is 0 Å². The monoisotopic (exact) mass is 277 g/mol. The summed E-state index contributed by atoms with van der Waals surface area (Å²) < 4.78 is 0. The number of carboxylic acids is 2. The van der Waals surface area contributed by atoms with Crippen LogP contribution in [0.1, 0.15) is 2.85 Å². The fourth-order valence-electron chi connectivity index (χ4n) is 0.270. The van der Waals surface area contributed by atoms with E-state index in [0.29, 0.717) is 0 Å². The van der Waals surface area contributed by atoms with Gasteiger partial charge in [-0.05, 0) is 0 Å². The van der Waals surface area contributed by atoms with Gasteiger partial charge in [0.2, 0.25) is 0 Å². The Balaban J connectivity index is -0.0000000405. The molecule has 0 amide bonds. The summed E-state index contributed by atoms with van der Waals surface area (Å²) in [7, 11) is 0. The van der Waals surface area contributed by atoms with Crippen molar-refractivity contribution in [2.24, 2.45) is 0 Å². The molecule has 0 heterocycles. The van der Waals surface area contributed by atoms with E-state index in [0.717, 1.165) is 0 Å². The molecule has 0 rings (SSSR count). The van der Waals surface area contributed by atoms with Crippen molar-refractivity contribution in [2.45, 2.75) is 12.2 Å². The first-order valence-electron chi connectivity index (χ1n) is 2.28. The zero-order valence-electron chi connectivity index (χ0n) is 9.06. The summed E-state index contributed by atoms with van der Waals surface area (Å²) in [6, 6.07) is 0. The molecular weight excluding hydrogens is 270 g/mol. The Morgan fingerprint density at radius 3 is 1.23 bits per heavy atom. The molecule has 6 nitrogen and oxygen atoms in total. The van der Waals surface area contributed by atoms with Gasteiger partial charge in [0.15, 0.2) is 12.2 Å². The second-order valence-electron chi connectivity index (χ2n) is 1.57. The minimum absolute atomic E-state index is 0. The van der Waals surface area contributed by atoms with Crippen LogP contribution in [-0.2, 0) is 26.7 Å². The van der Waals surface area contributed by atoms with E-state index in [9.17, 15) is 9.59 Å². The third-order valence-electron chi connectivity index (χ3n) is 0.805. The number of aliphatic hydroxyl groups excluding tert-OH is 2. The van der Waals surface area contributed by atoms with Gasteiger partial charge in [0.25, 0.3) is 0 Å². The Hall–Kier alpha value is 2.02. The van der Waals surface area contributed by atoms with Gasteiger partial charge in [-0.1, -0.05) is 0 Å². The predicted octanol–water partition coefficient (Wildman–Crippen LogP) is -7.89. The molecule has 9 heteroatoms. The first kappa shape index (κ1) is 24.3. The number of hydrogen-bond acceptors (Lipinski definition) is 4. The second-order valence-corrected chi connectivity index (χ2v) is 1.57. The van der Waals surface area contributed by atoms with Crippen molar-refractivity contribution in [1.29, 1.82) is 0 Å². The molecule has 0 aliphatic rings. The maximum atomic E-state index is 9.77. The van der Waals surface area contributed by atoms with Crippen molar-refractivity contribution in [3.63, 3.8) is 0 Å². The van der Waals surface area contributed by atoms with Crippen LogP contribution in [0.2, 0.25) is 0 Å². The Morgan fingerprint density at radius 1 is 1.00 bits per heavy atom. The van der Waals surface area contributed by atoms with Gasteiger partial charge in [0.05, 0.1) is 0 Å². The quantitative estimate of drug-likeness (QED) is 0.381. The fourth-order valence-corrected chi connectivity index (χ4v) is 0.270. The Morgan fingerprint density at radius 2 is 1.15 bits per heavy atom. The van der Waals surface area contributed by atoms with E-state index in [-0.39, 0.29) is 101 Å². The Kier molecular flexibility index (Phi) is 22.6. The zero-order chi connectivity index (χ0) is 8.31. The van der Waals surface area contributed by atoms with E-state index >= 15 is 0 Å². The van der Waals surface area contributed by atoms with E-state index in [1.165, 1.54) is 0 Å². The van der Waals surface area contributed by atoms with Crippen molar-refractivity contribution in [3.05, 3.63) is 0 Å². The SMILES string of the molecule is O=C(O)C(O)C(O)C(=O)O.[Cu].[H-].[H-].[K+].[Na+]. The van der Waals surface area contributed by atoms with E-state index < -0.39 is 24.1 Å². The molecule has 0 aromatic carbocycles. The number of rotatable bonds is 3. The van der Waals surface area contributed by atoms with Crippen molar-refractivity contribution in [1.82, 2.24) is 0 Å². The van der Waals surface area contributed by atoms with Crippen molar-refractivity contribution >= 4 is 11.9 Å². The summed E-state index contributed by atoms with van der Waals surface area (Å²) >= 11 is 0. The molecule has 0 bridgehead atoms. The summed E-state index contributed by atoms with van der Waals surface area (Å²) in [5, 5.41) is 32.5. The molecule has 73 valence electrons. The van der Waals surface area contributed by atoms with Gasteiger partial charge in [-0.2, -0.15) is 0 Å². The summed E-state index contributed by atoms with van der Waals surface area (Å²) in [4.78, 5) is 19.5. The van der Waals surface area contributed by atoms with Gasteiger partial charge < -0.3 is 23.3 Å². The predicted molar refractivity (Wildman–Crippen MR) is 29.5 cm³/mol. The fraction of sp³-hybridized carbons (Fsp3) is 0.500. The molecule has 0 aromatic heterocycles. The molecule has 1 radical (unpaired) electrons. The normalized spacial score (nSPS) is 12.2. The Labute approximate surface area is 152 Å². The van der Waals surface area contributed by atoms with Gasteiger partial charge >= 0.3 is 92.9 Å². The van der Waals surface area contributed by atoms with Crippen LogP contribution in [0.4, 0.5) is 0 Å². The summed E-state index contributed by atoms with van der Waals surface area (Å²) in [5.41, 5.74) is 0. The smallest absolute Gasteiger partial charge is 1.00 e. The maximum absolute atomic E-state index is 9.77. The third-order valence-corrected chi connectivity index (χ3v) is 0.805. The van der Waals surface area contributed by atoms with Gasteiger partial charge in [-0.15, -0.1) is 0 Å². The van der Waals surface area contributed by atoms with Crippen LogP contribution < -0.4 is 80.9 Å². The first-order valence-corrected chi connectivity index (χ1v) is 2.28. The number of carboxylic acid groups (broad SMARTS) is 2. The molecule has 0 aliphatic heterocycles. The largest absolute Gasteiger partial charge is 1.00 e. The van der Waals surface area contributed by atoms with E-state index in [2.05, 4.69) is 0 Å². The molecule has 0 spiro atoms. The van der Waals surface area contributed by atoms with Crippen molar-refractivity contribution in [2.75, 3.05) is 0 Å². The molecule has 2 unspecified atom stereocenters. The molecule has 0 fully saturated rings. The average molecular weight is 278 g/mol. The van der Waals surface area contributed by atoms with Gasteiger partial charge in [0.1, 0.15) is 0 Å². The molecule has 0 saturated heterocycles. The number of aliphatic carboxylic acids is 2. The van der Waals surface area contributed by atoms with Crippen LogP contribution in [0.15, 0.2) is 0 Å². The summed E-state index contributed by atoms with van der Waals surface area (Å²) in [6.07, 6.45) is -4.53. The summed E-state index contributed by atoms with van der Waals surface area (Å²) in [5.74, 6) is -3.54. The molecule has 0 saturated carbocycles. The second kappa shape index (κ2) is 12.1. The minimum atomic E-state index is -2.27. The van der Waals surface area contributed by atoms with E-state index in [4.69, 9.17) is 20.4 Å². The van der Waals surface area contributed by atoms with Crippen LogP contribution in [0, 0.1) is 0 Å². The van der Waals surface area contributed by atoms with E-state index in [1.807, 2.05) is 0 Å². The number of carbonyl (C=O) groups is 2. The zero-order valence-corrected chi connectivity index (χ0v) is 13.1. The standard InChI is InChI=1S/C4H6O6.Cu.K.Na.2H/c5-1(3(7)8)2(6)4(9)10;;;;;/h1-2,5-6H,(H,7,8)(H,9,10);;;;;/q;;2*+1;2*-1. The van der Waals surface area contributed by atoms with Crippen molar-refractivity contribution < 1.29 is 131 Å². The molecule has 0 aliphatic carbocycles. The van der Waals surface area contributed by atoms with E-state index in [1.54, 1.807) is 0 Å². The van der Waals surface area contributed by atoms with Gasteiger partial charge in [0, 0.05) is 17.1 Å². The molecule has 2 atom stereocenters. The number of hydrogen-bond donors (Lipinski definition) is 4. The van der Waals surface area contributed by atoms with Gasteiger partial charge in [-0.25, -0.2) is 9.59 Å². The molecule has 4 N–H and O–H groups in total. The topological polar surface area (TPSA) is 115 Å². The van der Waals surface area contributed by atoms with Crippen LogP contribution in [0.3, 0.4) is 0 Å². The Bertz CT molecular complexity index is 157. The van der Waals surface area contributed by atoms with Crippen LogP contribution >= 0.6 is 0 Å². The third kappa shape index (κ3) is 10.3. The minimum Gasteiger partial charge on any atom is -1.00 e. The molecule has 13 heavy (non-hydrogen) atoms.